The van der Waals surface area contributed by atoms with Crippen LogP contribution in [0.25, 0.3) is 0 Å². The third-order valence-corrected chi connectivity index (χ3v) is 3.13. The molecule has 20 heavy (non-hydrogen) atoms. The zero-order chi connectivity index (χ0) is 16.1. The van der Waals surface area contributed by atoms with Gasteiger partial charge in [-0.3, -0.25) is 9.59 Å². The molecule has 0 saturated carbocycles. The molecule has 4 heteroatoms. The highest BCUT2D eigenvalue weighted by atomic mass is 16.2. The summed E-state index contributed by atoms with van der Waals surface area (Å²) in [5, 5.41) is 6.18. The Morgan fingerprint density at radius 2 is 1.50 bits per heavy atom. The van der Waals surface area contributed by atoms with Crippen LogP contribution in [0.4, 0.5) is 0 Å². The number of hydrogen-bond donors (Lipinski definition) is 2. The van der Waals surface area contributed by atoms with Crippen LogP contribution in [-0.2, 0) is 9.59 Å². The minimum atomic E-state index is -0.820. The second-order valence-corrected chi connectivity index (χ2v) is 7.14. The third kappa shape index (κ3) is 6.51. The van der Waals surface area contributed by atoms with Gasteiger partial charge in [-0.2, -0.15) is 0 Å². The summed E-state index contributed by atoms with van der Waals surface area (Å²) >= 11 is 0. The molecule has 0 radical (unpaired) electrons. The number of carbonyl (C=O) groups is 2. The van der Waals surface area contributed by atoms with Crippen LogP contribution in [0.1, 0.15) is 61.8 Å². The second-order valence-electron chi connectivity index (χ2n) is 7.14. The summed E-state index contributed by atoms with van der Waals surface area (Å²) in [5.74, 6) is 0.290. The van der Waals surface area contributed by atoms with Crippen LogP contribution in [0.3, 0.4) is 0 Å². The molecule has 0 unspecified atom stereocenters. The van der Waals surface area contributed by atoms with Crippen LogP contribution in [-0.4, -0.2) is 29.3 Å². The van der Waals surface area contributed by atoms with Gasteiger partial charge in [-0.1, -0.05) is 41.5 Å². The van der Waals surface area contributed by atoms with Crippen molar-refractivity contribution in [1.29, 1.82) is 0 Å². The molecule has 0 heterocycles. The van der Waals surface area contributed by atoms with Gasteiger partial charge in [0, 0.05) is 12.0 Å². The molecule has 118 valence electrons. The summed E-state index contributed by atoms with van der Waals surface area (Å²) in [4.78, 5) is 24.6. The van der Waals surface area contributed by atoms with Crippen LogP contribution in [0.2, 0.25) is 0 Å². The Morgan fingerprint density at radius 3 is 1.85 bits per heavy atom. The lowest BCUT2D eigenvalue weighted by atomic mass is 9.90. The zero-order valence-electron chi connectivity index (χ0n) is 14.3. The summed E-state index contributed by atoms with van der Waals surface area (Å²) in [5.41, 5.74) is -0.820. The summed E-state index contributed by atoms with van der Waals surface area (Å²) in [6.45, 7) is 15.5. The minimum Gasteiger partial charge on any atom is -0.343 e. The molecule has 0 aromatic rings. The smallest absolute Gasteiger partial charge is 0.237 e. The molecule has 1 atom stereocenters. The Bertz CT molecular complexity index is 323. The number of amides is 1. The van der Waals surface area contributed by atoms with Crippen molar-refractivity contribution >= 4 is 11.7 Å². The highest BCUT2D eigenvalue weighted by molar-refractivity contribution is 5.94. The summed E-state index contributed by atoms with van der Waals surface area (Å²) in [6, 6.07) is -0.0253. The quantitative estimate of drug-likeness (QED) is 0.720. The van der Waals surface area contributed by atoms with E-state index in [9.17, 15) is 9.59 Å². The van der Waals surface area contributed by atoms with Gasteiger partial charge in [-0.15, -0.1) is 0 Å². The molecule has 0 aromatic carbocycles. The maximum Gasteiger partial charge on any atom is 0.237 e. The molecule has 0 spiro atoms. The van der Waals surface area contributed by atoms with Gasteiger partial charge in [-0.05, 0) is 26.2 Å². The van der Waals surface area contributed by atoms with Gasteiger partial charge in [0.25, 0.3) is 0 Å². The molecule has 0 bridgehead atoms. The molecule has 0 aromatic heterocycles. The zero-order valence-corrected chi connectivity index (χ0v) is 14.3. The lowest BCUT2D eigenvalue weighted by molar-refractivity contribution is -0.134. The van der Waals surface area contributed by atoms with Crippen molar-refractivity contribution in [3.8, 4) is 0 Å². The molecule has 0 aliphatic heterocycles. The van der Waals surface area contributed by atoms with Crippen molar-refractivity contribution in [2.24, 2.45) is 11.8 Å². The van der Waals surface area contributed by atoms with Gasteiger partial charge in [0.1, 0.15) is 0 Å². The predicted octanol–water partition coefficient (Wildman–Crippen LogP) is 2.52. The lowest BCUT2D eigenvalue weighted by Gasteiger charge is -2.30. The molecular formula is C16H32N2O2. The largest absolute Gasteiger partial charge is 0.343 e. The third-order valence-electron chi connectivity index (χ3n) is 3.13. The van der Waals surface area contributed by atoms with Gasteiger partial charge in [0.2, 0.25) is 5.91 Å². The average Bonchev–Trinajstić information content (AvgIpc) is 2.24. The van der Waals surface area contributed by atoms with Crippen LogP contribution in [0.5, 0.6) is 0 Å². The monoisotopic (exact) mass is 284 g/mol. The first-order chi connectivity index (χ1) is 8.97. The molecule has 1 amide bonds. The van der Waals surface area contributed by atoms with Crippen molar-refractivity contribution in [2.75, 3.05) is 0 Å². The van der Waals surface area contributed by atoms with Crippen LogP contribution in [0, 0.1) is 11.8 Å². The van der Waals surface area contributed by atoms with E-state index in [2.05, 4.69) is 24.5 Å². The fourth-order valence-electron chi connectivity index (χ4n) is 2.30. The van der Waals surface area contributed by atoms with Crippen molar-refractivity contribution in [1.82, 2.24) is 10.6 Å². The van der Waals surface area contributed by atoms with E-state index in [0.717, 1.165) is 6.42 Å². The minimum absolute atomic E-state index is 0.0543. The van der Waals surface area contributed by atoms with Crippen LogP contribution >= 0.6 is 0 Å². The van der Waals surface area contributed by atoms with E-state index >= 15 is 0 Å². The summed E-state index contributed by atoms with van der Waals surface area (Å²) in [6.07, 6.45) is 0.760. The van der Waals surface area contributed by atoms with Crippen molar-refractivity contribution in [3.05, 3.63) is 0 Å². The van der Waals surface area contributed by atoms with Gasteiger partial charge in [0.05, 0.1) is 11.6 Å². The first-order valence-corrected chi connectivity index (χ1v) is 7.59. The number of ketones is 1. The first kappa shape index (κ1) is 19.1. The molecular weight excluding hydrogens is 252 g/mol. The Labute approximate surface area is 124 Å². The van der Waals surface area contributed by atoms with Gasteiger partial charge in [-0.25, -0.2) is 0 Å². The molecule has 4 nitrogen and oxygen atoms in total. The van der Waals surface area contributed by atoms with Crippen LogP contribution < -0.4 is 10.6 Å². The number of carbonyl (C=O) groups excluding carboxylic acids is 2. The first-order valence-electron chi connectivity index (χ1n) is 7.59. The lowest BCUT2D eigenvalue weighted by Crippen LogP contribution is -2.57. The molecule has 0 fully saturated rings. The van der Waals surface area contributed by atoms with E-state index in [-0.39, 0.29) is 29.7 Å². The van der Waals surface area contributed by atoms with E-state index in [1.807, 2.05) is 27.7 Å². The standard InChI is InChI=1S/C16H32N2O2/c1-10(2)9-13(17-12(5)6)15(20)18-16(7,8)14(19)11(3)4/h10-13,17H,9H2,1-8H3,(H,18,20)/t13-/m0/s1. The maximum absolute atomic E-state index is 12.4. The Morgan fingerprint density at radius 1 is 1.00 bits per heavy atom. The van der Waals surface area contributed by atoms with Crippen LogP contribution in [0.15, 0.2) is 0 Å². The van der Waals surface area contributed by atoms with Gasteiger partial charge >= 0.3 is 0 Å². The predicted molar refractivity (Wildman–Crippen MR) is 83.6 cm³/mol. The molecule has 0 aliphatic rings. The maximum atomic E-state index is 12.4. The number of Topliss-reactive ketones (excluding diaryl/α,β-unsaturated/α-hetero) is 1. The van der Waals surface area contributed by atoms with E-state index in [1.54, 1.807) is 13.8 Å². The average molecular weight is 284 g/mol. The van der Waals surface area contributed by atoms with Crippen molar-refractivity contribution in [2.45, 2.75) is 79.4 Å². The Kier molecular flexibility index (Phi) is 7.42. The van der Waals surface area contributed by atoms with E-state index < -0.39 is 5.54 Å². The highest BCUT2D eigenvalue weighted by Gasteiger charge is 2.33. The Hall–Kier alpha value is -0.900. The number of hydrogen-bond acceptors (Lipinski definition) is 3. The van der Waals surface area contributed by atoms with E-state index in [0.29, 0.717) is 5.92 Å². The van der Waals surface area contributed by atoms with E-state index in [4.69, 9.17) is 0 Å². The fourth-order valence-corrected chi connectivity index (χ4v) is 2.30. The molecule has 2 N–H and O–H groups in total. The van der Waals surface area contributed by atoms with E-state index in [1.165, 1.54) is 0 Å². The fraction of sp³-hybridized carbons (Fsp3) is 0.875. The molecule has 0 saturated heterocycles. The number of nitrogens with one attached hydrogen (secondary N) is 2. The number of rotatable bonds is 8. The molecule has 0 aliphatic carbocycles. The second kappa shape index (κ2) is 7.77. The van der Waals surface area contributed by atoms with Gasteiger partial charge < -0.3 is 10.6 Å². The molecule has 0 rings (SSSR count). The van der Waals surface area contributed by atoms with Crippen molar-refractivity contribution in [3.63, 3.8) is 0 Å². The SMILES string of the molecule is CC(C)C[C@H](NC(C)C)C(=O)NC(C)(C)C(=O)C(C)C. The highest BCUT2D eigenvalue weighted by Crippen LogP contribution is 2.13. The summed E-state index contributed by atoms with van der Waals surface area (Å²) < 4.78 is 0. The normalized spacial score (nSPS) is 13.9. The summed E-state index contributed by atoms with van der Waals surface area (Å²) in [7, 11) is 0. The Balaban J connectivity index is 4.86. The topological polar surface area (TPSA) is 58.2 Å². The van der Waals surface area contributed by atoms with Crippen molar-refractivity contribution < 1.29 is 9.59 Å². The van der Waals surface area contributed by atoms with Gasteiger partial charge in [0.15, 0.2) is 5.78 Å².